The Bertz CT molecular complexity index is 332. The summed E-state index contributed by atoms with van der Waals surface area (Å²) in [7, 11) is 2.32. The summed E-state index contributed by atoms with van der Waals surface area (Å²) in [4.78, 5) is 2.57. The minimum Gasteiger partial charge on any atom is -0.378 e. The highest BCUT2D eigenvalue weighted by Crippen LogP contribution is 2.23. The molecule has 3 nitrogen and oxygen atoms in total. The van der Waals surface area contributed by atoms with Crippen LogP contribution in [-0.2, 0) is 4.74 Å². The number of hydrogen-bond acceptors (Lipinski definition) is 3. The Labute approximate surface area is 183 Å². The standard InChI is InChI=1S/C26H54N2O/c1-5-8-11-13-16-24(17-14-12-9-6-2)23-28(4)19-15-20-29-26-21-25(22-26)27-18-10-7-3/h24-27H,5-23H2,1-4H3/t25-,26-. The molecule has 0 heterocycles. The molecule has 0 unspecified atom stereocenters. The fourth-order valence-electron chi connectivity index (χ4n) is 4.51. The maximum Gasteiger partial charge on any atom is 0.0604 e. The minimum atomic E-state index is 0.518. The number of unbranched alkanes of at least 4 members (excludes halogenated alkanes) is 7. The van der Waals surface area contributed by atoms with Gasteiger partial charge < -0.3 is 15.0 Å². The quantitative estimate of drug-likeness (QED) is 0.210. The molecule has 1 N–H and O–H groups in total. The van der Waals surface area contributed by atoms with Crippen LogP contribution in [0.5, 0.6) is 0 Å². The Morgan fingerprint density at radius 2 is 1.45 bits per heavy atom. The second kappa shape index (κ2) is 18.6. The van der Waals surface area contributed by atoms with Crippen molar-refractivity contribution in [2.75, 3.05) is 33.3 Å². The lowest BCUT2D eigenvalue weighted by Gasteiger charge is -2.36. The summed E-state index contributed by atoms with van der Waals surface area (Å²) in [5.41, 5.74) is 0. The molecule has 1 aliphatic rings. The summed E-state index contributed by atoms with van der Waals surface area (Å²) in [6, 6.07) is 0.718. The lowest BCUT2D eigenvalue weighted by atomic mass is 9.89. The van der Waals surface area contributed by atoms with Crippen molar-refractivity contribution in [2.45, 2.75) is 129 Å². The van der Waals surface area contributed by atoms with Gasteiger partial charge in [0.25, 0.3) is 0 Å². The van der Waals surface area contributed by atoms with Crippen LogP contribution in [0.2, 0.25) is 0 Å². The Hall–Kier alpha value is -0.120. The third-order valence-electron chi connectivity index (χ3n) is 6.60. The second-order valence-corrected chi connectivity index (χ2v) is 9.65. The molecule has 0 atom stereocenters. The molecule has 0 aromatic rings. The molecule has 0 saturated heterocycles. The van der Waals surface area contributed by atoms with Gasteiger partial charge in [-0.15, -0.1) is 0 Å². The van der Waals surface area contributed by atoms with E-state index in [-0.39, 0.29) is 0 Å². The van der Waals surface area contributed by atoms with Gasteiger partial charge in [0.15, 0.2) is 0 Å². The summed E-state index contributed by atoms with van der Waals surface area (Å²) in [5, 5.41) is 3.64. The predicted molar refractivity (Wildman–Crippen MR) is 129 cm³/mol. The van der Waals surface area contributed by atoms with Crippen molar-refractivity contribution in [1.29, 1.82) is 0 Å². The molecule has 0 radical (unpaired) electrons. The van der Waals surface area contributed by atoms with E-state index < -0.39 is 0 Å². The normalized spacial score (nSPS) is 19.2. The highest BCUT2D eigenvalue weighted by molar-refractivity contribution is 4.85. The van der Waals surface area contributed by atoms with E-state index in [4.69, 9.17) is 4.74 Å². The average molecular weight is 411 g/mol. The van der Waals surface area contributed by atoms with Gasteiger partial charge in [0.05, 0.1) is 6.10 Å². The molecular formula is C26H54N2O. The largest absolute Gasteiger partial charge is 0.378 e. The maximum atomic E-state index is 6.09. The van der Waals surface area contributed by atoms with Gasteiger partial charge >= 0.3 is 0 Å². The van der Waals surface area contributed by atoms with Crippen molar-refractivity contribution in [3.63, 3.8) is 0 Å². The average Bonchev–Trinajstić information content (AvgIpc) is 2.68. The Balaban J connectivity index is 2.09. The van der Waals surface area contributed by atoms with Gasteiger partial charge in [0, 0.05) is 25.7 Å². The third-order valence-corrected chi connectivity index (χ3v) is 6.60. The maximum absolute atomic E-state index is 6.09. The van der Waals surface area contributed by atoms with E-state index in [1.165, 1.54) is 116 Å². The van der Waals surface area contributed by atoms with Crippen molar-refractivity contribution in [3.8, 4) is 0 Å². The lowest BCUT2D eigenvalue weighted by molar-refractivity contribution is -0.0192. The van der Waals surface area contributed by atoms with Gasteiger partial charge in [-0.3, -0.25) is 0 Å². The van der Waals surface area contributed by atoms with Crippen LogP contribution < -0.4 is 5.32 Å². The molecule has 0 spiro atoms. The van der Waals surface area contributed by atoms with E-state index in [9.17, 15) is 0 Å². The number of nitrogens with one attached hydrogen (secondary N) is 1. The number of ether oxygens (including phenoxy) is 1. The highest BCUT2D eigenvalue weighted by atomic mass is 16.5. The molecule has 29 heavy (non-hydrogen) atoms. The lowest BCUT2D eigenvalue weighted by Crippen LogP contribution is -2.45. The van der Waals surface area contributed by atoms with Gasteiger partial charge in [-0.2, -0.15) is 0 Å². The van der Waals surface area contributed by atoms with E-state index in [1.807, 2.05) is 0 Å². The predicted octanol–water partition coefficient (Wildman–Crippen LogP) is 6.80. The van der Waals surface area contributed by atoms with Gasteiger partial charge in [0.1, 0.15) is 0 Å². The summed E-state index contributed by atoms with van der Waals surface area (Å²) >= 11 is 0. The SMILES string of the molecule is CCCCCCC(CCCCCC)CN(C)CCCO[C@H]1C[C@H](NCCCC)C1. The first-order valence-corrected chi connectivity index (χ1v) is 13.2. The van der Waals surface area contributed by atoms with E-state index in [0.717, 1.165) is 18.6 Å². The van der Waals surface area contributed by atoms with Crippen LogP contribution in [-0.4, -0.2) is 50.3 Å². The Kier molecular flexibility index (Phi) is 17.3. The number of nitrogens with zero attached hydrogens (tertiary/aromatic N) is 1. The minimum absolute atomic E-state index is 0.518. The number of rotatable bonds is 21. The zero-order chi connectivity index (χ0) is 21.2. The Morgan fingerprint density at radius 3 is 2.03 bits per heavy atom. The van der Waals surface area contributed by atoms with Crippen molar-refractivity contribution in [3.05, 3.63) is 0 Å². The number of hydrogen-bond donors (Lipinski definition) is 1. The van der Waals surface area contributed by atoms with Gasteiger partial charge in [-0.1, -0.05) is 78.6 Å². The fourth-order valence-corrected chi connectivity index (χ4v) is 4.51. The summed E-state index contributed by atoms with van der Waals surface area (Å²) in [6.07, 6.45) is 20.8. The van der Waals surface area contributed by atoms with Crippen molar-refractivity contribution >= 4 is 0 Å². The van der Waals surface area contributed by atoms with Crippen molar-refractivity contribution < 1.29 is 4.74 Å². The molecule has 3 heteroatoms. The first-order valence-electron chi connectivity index (χ1n) is 13.2. The van der Waals surface area contributed by atoms with Crippen LogP contribution in [0.25, 0.3) is 0 Å². The second-order valence-electron chi connectivity index (χ2n) is 9.65. The fraction of sp³-hybridized carbons (Fsp3) is 1.00. The Morgan fingerprint density at radius 1 is 0.828 bits per heavy atom. The van der Waals surface area contributed by atoms with Crippen LogP contribution in [0.3, 0.4) is 0 Å². The topological polar surface area (TPSA) is 24.5 Å². The molecular weight excluding hydrogens is 356 g/mol. The van der Waals surface area contributed by atoms with Crippen LogP contribution >= 0.6 is 0 Å². The van der Waals surface area contributed by atoms with Gasteiger partial charge in [0.2, 0.25) is 0 Å². The van der Waals surface area contributed by atoms with E-state index in [0.29, 0.717) is 6.10 Å². The molecule has 0 aromatic heterocycles. The van der Waals surface area contributed by atoms with Crippen LogP contribution in [0.15, 0.2) is 0 Å². The first-order chi connectivity index (χ1) is 14.2. The van der Waals surface area contributed by atoms with Crippen molar-refractivity contribution in [1.82, 2.24) is 10.2 Å². The van der Waals surface area contributed by atoms with Gasteiger partial charge in [-0.25, -0.2) is 0 Å². The smallest absolute Gasteiger partial charge is 0.0604 e. The molecule has 0 aliphatic heterocycles. The highest BCUT2D eigenvalue weighted by Gasteiger charge is 2.28. The van der Waals surface area contributed by atoms with Crippen LogP contribution in [0.4, 0.5) is 0 Å². The van der Waals surface area contributed by atoms with Crippen LogP contribution in [0, 0.1) is 5.92 Å². The summed E-state index contributed by atoms with van der Waals surface area (Å²) < 4.78 is 6.09. The zero-order valence-corrected chi connectivity index (χ0v) is 20.5. The first kappa shape index (κ1) is 26.9. The molecule has 1 saturated carbocycles. The monoisotopic (exact) mass is 410 g/mol. The molecule has 1 rings (SSSR count). The molecule has 0 aromatic carbocycles. The van der Waals surface area contributed by atoms with Crippen LogP contribution in [0.1, 0.15) is 117 Å². The van der Waals surface area contributed by atoms with Crippen molar-refractivity contribution in [2.24, 2.45) is 5.92 Å². The zero-order valence-electron chi connectivity index (χ0n) is 20.5. The molecule has 1 aliphatic carbocycles. The summed E-state index contributed by atoms with van der Waals surface area (Å²) in [6.45, 7) is 11.5. The van der Waals surface area contributed by atoms with E-state index >= 15 is 0 Å². The van der Waals surface area contributed by atoms with Gasteiger partial charge in [-0.05, 0) is 58.0 Å². The molecule has 174 valence electrons. The van der Waals surface area contributed by atoms with E-state index in [2.05, 4.69) is 38.0 Å². The summed E-state index contributed by atoms with van der Waals surface area (Å²) in [5.74, 6) is 0.899. The third kappa shape index (κ3) is 14.5. The molecule has 0 bridgehead atoms. The molecule has 1 fully saturated rings. The molecule has 0 amide bonds. The van der Waals surface area contributed by atoms with E-state index in [1.54, 1.807) is 0 Å².